The van der Waals surface area contributed by atoms with Gasteiger partial charge in [-0.1, -0.05) is 43.2 Å². The van der Waals surface area contributed by atoms with Gasteiger partial charge in [0.1, 0.15) is 5.66 Å². The van der Waals surface area contributed by atoms with Gasteiger partial charge >= 0.3 is 6.09 Å². The maximum absolute atomic E-state index is 13.8. The maximum atomic E-state index is 13.8. The number of anilines is 2. The molecule has 2 atom stereocenters. The molecule has 0 aliphatic heterocycles. The summed E-state index contributed by atoms with van der Waals surface area (Å²) in [5.74, 6) is 0. The van der Waals surface area contributed by atoms with Crippen molar-refractivity contribution in [3.8, 4) is 0 Å². The minimum atomic E-state index is -4.71. The lowest BCUT2D eigenvalue weighted by molar-refractivity contribution is -0.0695. The van der Waals surface area contributed by atoms with Crippen LogP contribution in [0, 0.1) is 0 Å². The fraction of sp³-hybridized carbons (Fsp3) is 0.409. The highest BCUT2D eigenvalue weighted by Crippen LogP contribution is 2.36. The molecule has 0 radical (unpaired) electrons. The Bertz CT molecular complexity index is 1090. The second-order valence-corrected chi connectivity index (χ2v) is 10.5. The first-order valence-electron chi connectivity index (χ1n) is 10.6. The number of benzene rings is 2. The predicted octanol–water partition coefficient (Wildman–Crippen LogP) is 1.44. The van der Waals surface area contributed by atoms with Gasteiger partial charge in [0.15, 0.2) is 0 Å². The van der Waals surface area contributed by atoms with E-state index in [9.17, 15) is 23.4 Å². The molecule has 33 heavy (non-hydrogen) atoms. The minimum Gasteiger partial charge on any atom is -0.465 e. The zero-order valence-electron chi connectivity index (χ0n) is 18.1. The van der Waals surface area contributed by atoms with Gasteiger partial charge in [0.05, 0.1) is 29.0 Å². The second kappa shape index (κ2) is 9.56. The van der Waals surface area contributed by atoms with Gasteiger partial charge in [-0.15, -0.1) is 0 Å². The number of carboxylic acid groups (broad SMARTS) is 1. The summed E-state index contributed by atoms with van der Waals surface area (Å²) in [6, 6.07) is 12.0. The lowest BCUT2D eigenvalue weighted by Gasteiger charge is -2.43. The van der Waals surface area contributed by atoms with Crippen molar-refractivity contribution in [1.29, 1.82) is 0 Å². The van der Waals surface area contributed by atoms with Crippen molar-refractivity contribution in [1.82, 2.24) is 5.32 Å². The summed E-state index contributed by atoms with van der Waals surface area (Å²) in [7, 11) is -4.71. The molecule has 0 saturated heterocycles. The molecular weight excluding hydrogens is 448 g/mol. The fourth-order valence-corrected chi connectivity index (χ4v) is 5.78. The van der Waals surface area contributed by atoms with Crippen LogP contribution in [-0.2, 0) is 21.0 Å². The number of hydrogen-bond acceptors (Lipinski definition) is 8. The molecule has 0 bridgehead atoms. The van der Waals surface area contributed by atoms with Crippen LogP contribution in [0.2, 0.25) is 0 Å². The van der Waals surface area contributed by atoms with E-state index in [-0.39, 0.29) is 28.8 Å². The molecule has 10 nitrogen and oxygen atoms in total. The van der Waals surface area contributed by atoms with Crippen molar-refractivity contribution in [3.05, 3.63) is 54.1 Å². The second-order valence-electron chi connectivity index (χ2n) is 8.36. The lowest BCUT2D eigenvalue weighted by atomic mass is 9.94. The number of nitrogens with one attached hydrogen (secondary N) is 1. The average Bonchev–Trinajstić information content (AvgIpc) is 3.27. The van der Waals surface area contributed by atoms with Gasteiger partial charge in [0, 0.05) is 6.42 Å². The first kappa shape index (κ1) is 24.8. The van der Waals surface area contributed by atoms with Crippen LogP contribution in [0.15, 0.2) is 53.4 Å². The number of ether oxygens (including phenoxy) is 1. The summed E-state index contributed by atoms with van der Waals surface area (Å²) in [6.45, 7) is -0.742. The number of nitrogens with two attached hydrogens (primary N) is 3. The molecule has 9 N–H and O–H groups in total. The van der Waals surface area contributed by atoms with Gasteiger partial charge in [0.2, 0.25) is 14.8 Å². The highest BCUT2D eigenvalue weighted by atomic mass is 32.2. The van der Waals surface area contributed by atoms with Crippen LogP contribution in [0.5, 0.6) is 0 Å². The Balaban J connectivity index is 2.13. The molecule has 3 rings (SSSR count). The zero-order chi connectivity index (χ0) is 24.3. The van der Waals surface area contributed by atoms with Crippen LogP contribution in [0.25, 0.3) is 0 Å². The summed E-state index contributed by atoms with van der Waals surface area (Å²) in [4.78, 5) is 8.47. The number of nitrogen functional groups attached to an aromatic ring is 2. The number of rotatable bonds is 9. The van der Waals surface area contributed by atoms with Crippen molar-refractivity contribution < 1.29 is 28.2 Å². The molecule has 0 spiro atoms. The van der Waals surface area contributed by atoms with Gasteiger partial charge in [-0.2, -0.15) is 0 Å². The number of amides is 1. The monoisotopic (exact) mass is 478 g/mol. The van der Waals surface area contributed by atoms with Gasteiger partial charge in [-0.3, -0.25) is 5.32 Å². The third kappa shape index (κ3) is 5.06. The highest BCUT2D eigenvalue weighted by Gasteiger charge is 2.59. The molecule has 1 fully saturated rings. The summed E-state index contributed by atoms with van der Waals surface area (Å²) >= 11 is 0. The molecule has 1 saturated carbocycles. The van der Waals surface area contributed by atoms with Gasteiger partial charge in [-0.05, 0) is 36.6 Å². The van der Waals surface area contributed by atoms with Crippen molar-refractivity contribution in [3.63, 3.8) is 0 Å². The molecule has 0 unspecified atom stereocenters. The largest absolute Gasteiger partial charge is 0.465 e. The molecule has 1 aliphatic carbocycles. The van der Waals surface area contributed by atoms with E-state index >= 15 is 0 Å². The Hall–Kier alpha value is -2.86. The topological polar surface area (TPSA) is 191 Å². The molecule has 0 heterocycles. The Labute approximate surface area is 192 Å². The minimum absolute atomic E-state index is 0.00740. The first-order chi connectivity index (χ1) is 15.5. The van der Waals surface area contributed by atoms with E-state index < -0.39 is 33.1 Å². The van der Waals surface area contributed by atoms with E-state index in [1.807, 2.05) is 0 Å². The average molecular weight is 479 g/mol. The van der Waals surface area contributed by atoms with E-state index in [1.165, 1.54) is 12.1 Å². The maximum Gasteiger partial charge on any atom is 0.406 e. The molecule has 1 amide bonds. The summed E-state index contributed by atoms with van der Waals surface area (Å²) < 4.78 is 33.4. The van der Waals surface area contributed by atoms with Crippen LogP contribution in [-0.4, -0.2) is 48.0 Å². The van der Waals surface area contributed by atoms with Gasteiger partial charge < -0.3 is 32.2 Å². The normalized spacial score (nSPS) is 18.4. The Morgan fingerprint density at radius 1 is 1.09 bits per heavy atom. The highest BCUT2D eigenvalue weighted by molar-refractivity contribution is 7.92. The summed E-state index contributed by atoms with van der Waals surface area (Å²) in [5.41, 5.74) is 16.2. The van der Waals surface area contributed by atoms with Crippen molar-refractivity contribution in [2.75, 3.05) is 18.1 Å². The molecule has 11 heteroatoms. The standard InChI is InChI=1S/C22H30N4O6S/c23-18-11-10-17(12-19(18)24)33(30,31)22(29,14-32-16-8-4-5-9-16)21(25,26-20(27)28)13-15-6-2-1-3-7-15/h1-3,6-7,10-12,16,26,29H,4-5,8-9,13-14,23-25H2,(H,27,28)/t21-,22-/m0/s1. The fourth-order valence-electron chi connectivity index (χ4n) is 4.04. The van der Waals surface area contributed by atoms with Crippen LogP contribution in [0.3, 0.4) is 0 Å². The van der Waals surface area contributed by atoms with Crippen molar-refractivity contribution in [2.45, 2.75) is 53.7 Å². The Morgan fingerprint density at radius 3 is 2.30 bits per heavy atom. The van der Waals surface area contributed by atoms with Gasteiger partial charge in [-0.25, -0.2) is 13.2 Å². The van der Waals surface area contributed by atoms with Crippen molar-refractivity contribution in [2.24, 2.45) is 5.73 Å². The van der Waals surface area contributed by atoms with E-state index in [0.717, 1.165) is 18.9 Å². The SMILES string of the molecule is Nc1ccc(S(=O)(=O)[C@@](O)(COC2CCCC2)[C@](N)(Cc2ccccc2)NC(=O)O)cc1N. The summed E-state index contributed by atoms with van der Waals surface area (Å²) in [5, 5.41) is 23.4. The van der Waals surface area contributed by atoms with E-state index in [4.69, 9.17) is 21.9 Å². The molecule has 180 valence electrons. The van der Waals surface area contributed by atoms with Crippen LogP contribution in [0.1, 0.15) is 31.2 Å². The molecule has 2 aromatic carbocycles. The lowest BCUT2D eigenvalue weighted by Crippen LogP contribution is -2.75. The van der Waals surface area contributed by atoms with E-state index in [1.54, 1.807) is 30.3 Å². The summed E-state index contributed by atoms with van der Waals surface area (Å²) in [6.07, 6.45) is 1.04. The zero-order valence-corrected chi connectivity index (χ0v) is 18.9. The van der Waals surface area contributed by atoms with Crippen LogP contribution in [0.4, 0.5) is 16.2 Å². The molecule has 1 aliphatic rings. The molecule has 0 aromatic heterocycles. The van der Waals surface area contributed by atoms with E-state index in [0.29, 0.717) is 18.4 Å². The smallest absolute Gasteiger partial charge is 0.406 e. The van der Waals surface area contributed by atoms with E-state index in [2.05, 4.69) is 5.32 Å². The van der Waals surface area contributed by atoms with Gasteiger partial charge in [0.25, 0.3) is 0 Å². The first-order valence-corrected chi connectivity index (χ1v) is 12.0. The number of hydrogen-bond donors (Lipinski definition) is 6. The third-order valence-corrected chi connectivity index (χ3v) is 8.23. The van der Waals surface area contributed by atoms with Crippen LogP contribution >= 0.6 is 0 Å². The number of sulfone groups is 1. The predicted molar refractivity (Wildman–Crippen MR) is 124 cm³/mol. The number of carbonyl (C=O) groups is 1. The van der Waals surface area contributed by atoms with Crippen molar-refractivity contribution >= 4 is 27.3 Å². The Morgan fingerprint density at radius 2 is 1.73 bits per heavy atom. The quantitative estimate of drug-likeness (QED) is 0.228. The molecule has 2 aromatic rings. The number of aliphatic hydroxyl groups is 1. The van der Waals surface area contributed by atoms with Crippen LogP contribution < -0.4 is 22.5 Å². The third-order valence-electron chi connectivity index (χ3n) is 5.98. The Kier molecular flexibility index (Phi) is 7.17. The molecular formula is C22H30N4O6S.